The van der Waals surface area contributed by atoms with Gasteiger partial charge in [0.2, 0.25) is 0 Å². The molecule has 1 aliphatic rings. The van der Waals surface area contributed by atoms with Gasteiger partial charge < -0.3 is 25.6 Å². The minimum Gasteiger partial charge on any atom is -0.387 e. The van der Waals surface area contributed by atoms with Crippen LogP contribution in [-0.2, 0) is 18.3 Å². The second-order valence-electron chi connectivity index (χ2n) is 10.5. The third-order valence-electron chi connectivity index (χ3n) is 6.93. The summed E-state index contributed by atoms with van der Waals surface area (Å²) < 4.78 is 45.1. The number of phosphoric ester groups is 1. The summed E-state index contributed by atoms with van der Waals surface area (Å²) in [4.78, 5) is 24.0. The lowest BCUT2D eigenvalue weighted by molar-refractivity contribution is -0.0978. The average molecular weight is 596 g/mol. The number of hydrogen-bond acceptors (Lipinski definition) is 9. The van der Waals surface area contributed by atoms with E-state index in [1.165, 1.54) is 70.9 Å². The summed E-state index contributed by atoms with van der Waals surface area (Å²) in [5.74, 6) is 0. The van der Waals surface area contributed by atoms with Crippen LogP contribution >= 0.6 is 20.0 Å². The Kier molecular flexibility index (Phi) is 13.6. The smallest absolute Gasteiger partial charge is 0.387 e. The molecule has 1 aromatic rings. The Bertz CT molecular complexity index is 1090. The summed E-state index contributed by atoms with van der Waals surface area (Å²) in [6.07, 6.45) is 11.0. The van der Waals surface area contributed by atoms with Gasteiger partial charge in [-0.3, -0.25) is 23.4 Å². The number of hydrogen-bond donors (Lipinski definition) is 5. The molecule has 0 spiro atoms. The van der Waals surface area contributed by atoms with Crippen molar-refractivity contribution >= 4 is 20.0 Å². The molecule has 0 radical (unpaired) electrons. The Balaban J connectivity index is 1.75. The molecule has 1 saturated heterocycles. The number of nitrogens with one attached hydrogen (secondary N) is 1. The quantitative estimate of drug-likeness (QED) is 0.0824. The third-order valence-corrected chi connectivity index (χ3v) is 8.05. The van der Waals surface area contributed by atoms with Crippen molar-refractivity contribution in [3.05, 3.63) is 27.4 Å². The van der Waals surface area contributed by atoms with Gasteiger partial charge in [0.25, 0.3) is 5.56 Å². The summed E-state index contributed by atoms with van der Waals surface area (Å²) in [6.45, 7) is 0.00410. The number of aliphatic hydroxyl groups excluding tert-OH is 1. The van der Waals surface area contributed by atoms with E-state index in [1.54, 1.807) is 0 Å². The Hall–Kier alpha value is -0.950. The average Bonchev–Trinajstić information content (AvgIpc) is 3.12. The molecule has 0 saturated carbocycles. The van der Waals surface area contributed by atoms with Crippen LogP contribution in [0.25, 0.3) is 0 Å². The van der Waals surface area contributed by atoms with Crippen LogP contribution in [0.1, 0.15) is 106 Å². The van der Waals surface area contributed by atoms with Crippen LogP contribution in [0.2, 0.25) is 0 Å². The third kappa shape index (κ3) is 11.8. The van der Waals surface area contributed by atoms with E-state index in [-0.39, 0.29) is 11.4 Å². The van der Waals surface area contributed by atoms with Crippen LogP contribution in [0.3, 0.4) is 0 Å². The van der Waals surface area contributed by atoms with E-state index in [0.29, 0.717) is 6.42 Å². The molecule has 6 atom stereocenters. The summed E-state index contributed by atoms with van der Waals surface area (Å²) >= 11 is 5.07. The van der Waals surface area contributed by atoms with Gasteiger partial charge in [0.15, 0.2) is 11.0 Å². The fraction of sp³-hybridized carbons (Fsp3) is 0.846. The van der Waals surface area contributed by atoms with Crippen LogP contribution in [0.5, 0.6) is 0 Å². The minimum absolute atomic E-state index is 0.143. The number of unbranched alkanes of at least 4 members (excludes halogenated alkanes) is 11. The molecule has 1 aliphatic heterocycles. The van der Waals surface area contributed by atoms with Gasteiger partial charge in [-0.15, -0.1) is 0 Å². The first-order valence-electron chi connectivity index (χ1n) is 15.0. The monoisotopic (exact) mass is 595 g/mol. The van der Waals surface area contributed by atoms with Crippen LogP contribution < -0.4 is 11.3 Å². The molecule has 226 valence electrons. The molecule has 3 unspecified atom stereocenters. The Morgan fingerprint density at radius 3 is 2.31 bits per heavy atom. The zero-order valence-corrected chi connectivity index (χ0v) is 24.8. The number of phosphoric acid groups is 1. The topological polar surface area (TPSA) is 169 Å². The van der Waals surface area contributed by atoms with Gasteiger partial charge in [-0.05, 0) is 25.6 Å². The maximum absolute atomic E-state index is 12.5. The second kappa shape index (κ2) is 17.1. The van der Waals surface area contributed by atoms with Crippen molar-refractivity contribution in [1.29, 1.82) is 0 Å². The van der Waals surface area contributed by atoms with Crippen LogP contribution in [0.4, 0.5) is 0 Å². The standard InChI is InChI=1S/C26H48N3O8PS/c1-3-4-5-6-7-8-9-10-11-12-13-14-15-20(27)18-35-38(33,34)36-19-21-23(31)26(2,32)24(37-21)29-17-16-22(30)28-25(29)39/h16-17,20-21,23-24,31-32H,3-15,18-19,27H2,1-2H3,(H,33,34)(H,28,30,39)/t20?,21-,23+,24-,26?/m1/s1/i19D2. The molecule has 13 heteroatoms. The predicted molar refractivity (Wildman–Crippen MR) is 152 cm³/mol. The number of nitrogens with zero attached hydrogens (tertiary/aromatic N) is 1. The van der Waals surface area contributed by atoms with Crippen LogP contribution in [0, 0.1) is 4.77 Å². The number of H-pyrrole nitrogens is 1. The zero-order valence-electron chi connectivity index (χ0n) is 25.1. The van der Waals surface area contributed by atoms with E-state index in [0.717, 1.165) is 29.9 Å². The summed E-state index contributed by atoms with van der Waals surface area (Å²) in [6, 6.07) is 0.560. The highest BCUT2D eigenvalue weighted by Gasteiger charge is 2.53. The van der Waals surface area contributed by atoms with Crippen LogP contribution in [-0.4, -0.2) is 61.7 Å². The van der Waals surface area contributed by atoms with E-state index >= 15 is 0 Å². The lowest BCUT2D eigenvalue weighted by Gasteiger charge is -2.27. The molecule has 0 aliphatic carbocycles. The van der Waals surface area contributed by atoms with Crippen molar-refractivity contribution < 1.29 is 36.2 Å². The molecule has 2 rings (SSSR count). The number of aliphatic hydroxyl groups is 2. The zero-order chi connectivity index (χ0) is 30.7. The number of ether oxygens (including phenoxy) is 1. The molecule has 0 bridgehead atoms. The van der Waals surface area contributed by atoms with Gasteiger partial charge in [0, 0.05) is 18.3 Å². The molecule has 1 aromatic heterocycles. The fourth-order valence-electron chi connectivity index (χ4n) is 4.52. The van der Waals surface area contributed by atoms with Crippen molar-refractivity contribution in [3.8, 4) is 0 Å². The highest BCUT2D eigenvalue weighted by Crippen LogP contribution is 2.45. The first-order chi connectivity index (χ1) is 19.2. The van der Waals surface area contributed by atoms with Crippen molar-refractivity contribution in [2.45, 2.75) is 127 Å². The number of rotatable bonds is 20. The van der Waals surface area contributed by atoms with Gasteiger partial charge in [-0.2, -0.15) is 0 Å². The number of nitrogens with two attached hydrogens (primary N) is 1. The number of aromatic nitrogens is 2. The van der Waals surface area contributed by atoms with Gasteiger partial charge >= 0.3 is 7.82 Å². The van der Waals surface area contributed by atoms with Gasteiger partial charge in [-0.1, -0.05) is 84.0 Å². The molecule has 6 N–H and O–H groups in total. The van der Waals surface area contributed by atoms with E-state index in [4.69, 9.17) is 34.5 Å². The first-order valence-corrected chi connectivity index (χ1v) is 15.9. The molecular weight excluding hydrogens is 545 g/mol. The van der Waals surface area contributed by atoms with E-state index in [1.807, 2.05) is 0 Å². The summed E-state index contributed by atoms with van der Waals surface area (Å²) in [5, 5.41) is 21.5. The van der Waals surface area contributed by atoms with Crippen molar-refractivity contribution in [2.75, 3.05) is 13.2 Å². The Labute approximate surface area is 239 Å². The molecule has 1 fully saturated rings. The Morgan fingerprint density at radius 2 is 1.74 bits per heavy atom. The van der Waals surface area contributed by atoms with Crippen molar-refractivity contribution in [2.24, 2.45) is 5.73 Å². The number of aromatic amines is 1. The lowest BCUT2D eigenvalue weighted by atomic mass is 9.96. The molecular formula is C26H48N3O8PS. The molecule has 11 nitrogen and oxygen atoms in total. The predicted octanol–water partition coefficient (Wildman–Crippen LogP) is 4.47. The maximum Gasteiger partial charge on any atom is 0.472 e. The normalized spacial score (nSPS) is 26.7. The van der Waals surface area contributed by atoms with Crippen molar-refractivity contribution in [1.82, 2.24) is 9.55 Å². The van der Waals surface area contributed by atoms with Gasteiger partial charge in [-0.25, -0.2) is 4.57 Å². The first kappa shape index (κ1) is 31.0. The summed E-state index contributed by atoms with van der Waals surface area (Å²) in [7, 11) is -4.97. The largest absolute Gasteiger partial charge is 0.472 e. The highest BCUT2D eigenvalue weighted by atomic mass is 32.1. The maximum atomic E-state index is 12.5. The summed E-state index contributed by atoms with van der Waals surface area (Å²) in [5.41, 5.74) is 3.41. The van der Waals surface area contributed by atoms with Gasteiger partial charge in [0.1, 0.15) is 17.8 Å². The Morgan fingerprint density at radius 1 is 1.18 bits per heavy atom. The van der Waals surface area contributed by atoms with E-state index in [9.17, 15) is 24.5 Å². The highest BCUT2D eigenvalue weighted by molar-refractivity contribution is 7.71. The van der Waals surface area contributed by atoms with Crippen molar-refractivity contribution in [3.63, 3.8) is 0 Å². The molecule has 0 amide bonds. The van der Waals surface area contributed by atoms with Crippen LogP contribution in [0.15, 0.2) is 17.1 Å². The lowest BCUT2D eigenvalue weighted by Crippen LogP contribution is -2.44. The van der Waals surface area contributed by atoms with Gasteiger partial charge in [0.05, 0.1) is 15.9 Å². The molecule has 2 heterocycles. The molecule has 0 aromatic carbocycles. The van der Waals surface area contributed by atoms with E-state index < -0.39 is 50.0 Å². The SMILES string of the molecule is [2H]C([2H])(OP(=O)(O)OCC(N)CCCCCCCCCCCCCC)[C@H]1O[C@@H](n2ccc(=O)[nH]c2=S)C(C)(O)[C@H]1O. The molecule has 39 heavy (non-hydrogen) atoms. The van der Waals surface area contributed by atoms with E-state index in [2.05, 4.69) is 11.9 Å². The second-order valence-corrected chi connectivity index (χ2v) is 12.3. The minimum atomic E-state index is -4.97. The fourth-order valence-corrected chi connectivity index (χ4v) is 5.45.